The van der Waals surface area contributed by atoms with Gasteiger partial charge >= 0.3 is 0 Å². The molecule has 0 unspecified atom stereocenters. The van der Waals surface area contributed by atoms with E-state index in [1.165, 1.54) is 30.2 Å². The number of hydrogen-bond donors (Lipinski definition) is 2. The van der Waals surface area contributed by atoms with Crippen LogP contribution in [-0.4, -0.2) is 22.2 Å². The Morgan fingerprint density at radius 3 is 2.70 bits per heavy atom. The second-order valence-electron chi connectivity index (χ2n) is 5.84. The number of benzene rings is 1. The maximum Gasteiger partial charge on any atom is 0.0705 e. The Kier molecular flexibility index (Phi) is 3.99. The molecule has 1 aromatic carbocycles. The predicted octanol–water partition coefficient (Wildman–Crippen LogP) is 3.02. The average molecular weight is 270 g/mol. The number of para-hydroxylation sites is 1. The van der Waals surface area contributed by atoms with Gasteiger partial charge in [-0.15, -0.1) is 0 Å². The Balaban J connectivity index is 1.79. The number of rotatable bonds is 4. The third-order valence-corrected chi connectivity index (χ3v) is 4.51. The van der Waals surface area contributed by atoms with Crippen molar-refractivity contribution in [3.8, 4) is 0 Å². The van der Waals surface area contributed by atoms with Gasteiger partial charge in [-0.05, 0) is 30.5 Å². The average Bonchev–Trinajstić information content (AvgIpc) is 2.54. The van der Waals surface area contributed by atoms with E-state index in [1.807, 2.05) is 18.3 Å². The standard InChI is InChI=1S/C17H22N2O/c20-13-17(9-4-1-5-10-17)19-12-14-8-11-18-16-7-3-2-6-15(14)16/h2-3,6-8,11,19-20H,1,4-5,9-10,12-13H2. The Morgan fingerprint density at radius 1 is 1.10 bits per heavy atom. The van der Waals surface area contributed by atoms with Crippen molar-refractivity contribution in [1.29, 1.82) is 0 Å². The van der Waals surface area contributed by atoms with Crippen molar-refractivity contribution in [3.05, 3.63) is 42.1 Å². The third-order valence-electron chi connectivity index (χ3n) is 4.51. The molecular weight excluding hydrogens is 248 g/mol. The van der Waals surface area contributed by atoms with E-state index >= 15 is 0 Å². The summed E-state index contributed by atoms with van der Waals surface area (Å²) in [4.78, 5) is 4.40. The lowest BCUT2D eigenvalue weighted by Crippen LogP contribution is -2.49. The van der Waals surface area contributed by atoms with Crippen LogP contribution in [0.15, 0.2) is 36.5 Å². The molecule has 1 saturated carbocycles. The lowest BCUT2D eigenvalue weighted by atomic mass is 9.82. The zero-order valence-electron chi connectivity index (χ0n) is 11.8. The molecule has 0 radical (unpaired) electrons. The summed E-state index contributed by atoms with van der Waals surface area (Å²) >= 11 is 0. The number of aromatic nitrogens is 1. The summed E-state index contributed by atoms with van der Waals surface area (Å²) in [6.07, 6.45) is 7.74. The molecule has 0 aliphatic heterocycles. The topological polar surface area (TPSA) is 45.1 Å². The van der Waals surface area contributed by atoms with Gasteiger partial charge in [0.05, 0.1) is 12.1 Å². The van der Waals surface area contributed by atoms with Crippen molar-refractivity contribution in [2.75, 3.05) is 6.61 Å². The quantitative estimate of drug-likeness (QED) is 0.897. The first-order chi connectivity index (χ1) is 9.83. The van der Waals surface area contributed by atoms with E-state index in [9.17, 15) is 5.11 Å². The fourth-order valence-corrected chi connectivity index (χ4v) is 3.21. The summed E-state index contributed by atoms with van der Waals surface area (Å²) in [5.74, 6) is 0. The van der Waals surface area contributed by atoms with E-state index < -0.39 is 0 Å². The Hall–Kier alpha value is -1.45. The molecule has 1 aliphatic rings. The monoisotopic (exact) mass is 270 g/mol. The molecule has 2 N–H and O–H groups in total. The van der Waals surface area contributed by atoms with E-state index in [-0.39, 0.29) is 12.1 Å². The van der Waals surface area contributed by atoms with Crippen LogP contribution in [0.4, 0.5) is 0 Å². The second kappa shape index (κ2) is 5.90. The second-order valence-corrected chi connectivity index (χ2v) is 5.84. The Labute approximate surface area is 120 Å². The molecule has 20 heavy (non-hydrogen) atoms. The summed E-state index contributed by atoms with van der Waals surface area (Å²) in [7, 11) is 0. The van der Waals surface area contributed by atoms with Crippen LogP contribution in [-0.2, 0) is 6.54 Å². The SMILES string of the molecule is OCC1(NCc2ccnc3ccccc23)CCCCC1. The fraction of sp³-hybridized carbons (Fsp3) is 0.471. The predicted molar refractivity (Wildman–Crippen MR) is 81.5 cm³/mol. The molecule has 1 heterocycles. The van der Waals surface area contributed by atoms with Crippen LogP contribution in [0.1, 0.15) is 37.7 Å². The smallest absolute Gasteiger partial charge is 0.0705 e. The van der Waals surface area contributed by atoms with Crippen molar-refractivity contribution < 1.29 is 5.11 Å². The number of pyridine rings is 1. The van der Waals surface area contributed by atoms with Crippen LogP contribution in [0.2, 0.25) is 0 Å². The molecule has 2 aromatic rings. The highest BCUT2D eigenvalue weighted by Gasteiger charge is 2.30. The molecular formula is C17H22N2O. The first-order valence-electron chi connectivity index (χ1n) is 7.52. The van der Waals surface area contributed by atoms with Crippen LogP contribution in [0, 0.1) is 0 Å². The van der Waals surface area contributed by atoms with Gasteiger partial charge in [0, 0.05) is 23.7 Å². The zero-order valence-corrected chi connectivity index (χ0v) is 11.8. The molecule has 1 fully saturated rings. The van der Waals surface area contributed by atoms with Gasteiger partial charge in [0.15, 0.2) is 0 Å². The van der Waals surface area contributed by atoms with Crippen molar-refractivity contribution in [1.82, 2.24) is 10.3 Å². The lowest BCUT2D eigenvalue weighted by Gasteiger charge is -2.36. The normalized spacial score (nSPS) is 18.2. The van der Waals surface area contributed by atoms with Gasteiger partial charge in [0.25, 0.3) is 0 Å². The van der Waals surface area contributed by atoms with Crippen LogP contribution in [0.5, 0.6) is 0 Å². The van der Waals surface area contributed by atoms with Gasteiger partial charge in [-0.2, -0.15) is 0 Å². The maximum atomic E-state index is 9.76. The van der Waals surface area contributed by atoms with Crippen LogP contribution in [0.3, 0.4) is 0 Å². The van der Waals surface area contributed by atoms with Crippen molar-refractivity contribution in [2.45, 2.75) is 44.2 Å². The molecule has 1 aromatic heterocycles. The molecule has 0 bridgehead atoms. The minimum Gasteiger partial charge on any atom is -0.394 e. The molecule has 0 amide bonds. The molecule has 106 valence electrons. The molecule has 3 nitrogen and oxygen atoms in total. The van der Waals surface area contributed by atoms with Gasteiger partial charge in [0.1, 0.15) is 0 Å². The van der Waals surface area contributed by atoms with Gasteiger partial charge in [-0.3, -0.25) is 4.98 Å². The summed E-state index contributed by atoms with van der Waals surface area (Å²) in [6.45, 7) is 1.03. The molecule has 3 rings (SSSR count). The Morgan fingerprint density at radius 2 is 1.90 bits per heavy atom. The van der Waals surface area contributed by atoms with Crippen molar-refractivity contribution in [2.24, 2.45) is 0 Å². The number of nitrogens with one attached hydrogen (secondary N) is 1. The van der Waals surface area contributed by atoms with E-state index in [0.717, 1.165) is 24.9 Å². The maximum absolute atomic E-state index is 9.76. The minimum absolute atomic E-state index is 0.0807. The summed E-state index contributed by atoms with van der Waals surface area (Å²) in [5, 5.41) is 14.6. The van der Waals surface area contributed by atoms with E-state index in [0.29, 0.717) is 0 Å². The lowest BCUT2D eigenvalue weighted by molar-refractivity contribution is 0.119. The first-order valence-corrected chi connectivity index (χ1v) is 7.52. The number of hydrogen-bond acceptors (Lipinski definition) is 3. The summed E-state index contributed by atoms with van der Waals surface area (Å²) in [6, 6.07) is 10.3. The summed E-state index contributed by atoms with van der Waals surface area (Å²) in [5.41, 5.74) is 2.21. The van der Waals surface area contributed by atoms with Crippen LogP contribution >= 0.6 is 0 Å². The molecule has 0 atom stereocenters. The van der Waals surface area contributed by atoms with E-state index in [4.69, 9.17) is 0 Å². The van der Waals surface area contributed by atoms with Gasteiger partial charge in [-0.1, -0.05) is 37.5 Å². The summed E-state index contributed by atoms with van der Waals surface area (Å²) < 4.78 is 0. The van der Waals surface area contributed by atoms with E-state index in [1.54, 1.807) is 0 Å². The highest BCUT2D eigenvalue weighted by Crippen LogP contribution is 2.28. The number of nitrogens with zero attached hydrogens (tertiary/aromatic N) is 1. The fourth-order valence-electron chi connectivity index (χ4n) is 3.21. The molecule has 3 heteroatoms. The number of aliphatic hydroxyl groups is 1. The highest BCUT2D eigenvalue weighted by atomic mass is 16.3. The minimum atomic E-state index is -0.0807. The number of aliphatic hydroxyl groups excluding tert-OH is 1. The third kappa shape index (κ3) is 2.69. The molecule has 0 spiro atoms. The first kappa shape index (κ1) is 13.5. The van der Waals surface area contributed by atoms with Crippen molar-refractivity contribution >= 4 is 10.9 Å². The van der Waals surface area contributed by atoms with Gasteiger partial charge in [-0.25, -0.2) is 0 Å². The number of fused-ring (bicyclic) bond motifs is 1. The molecule has 0 saturated heterocycles. The van der Waals surface area contributed by atoms with Gasteiger partial charge < -0.3 is 10.4 Å². The highest BCUT2D eigenvalue weighted by molar-refractivity contribution is 5.81. The van der Waals surface area contributed by atoms with Crippen LogP contribution < -0.4 is 5.32 Å². The Bertz CT molecular complexity index is 571. The van der Waals surface area contributed by atoms with Crippen LogP contribution in [0.25, 0.3) is 10.9 Å². The molecule has 1 aliphatic carbocycles. The largest absolute Gasteiger partial charge is 0.394 e. The van der Waals surface area contributed by atoms with E-state index in [2.05, 4.69) is 28.5 Å². The van der Waals surface area contributed by atoms with Crippen molar-refractivity contribution in [3.63, 3.8) is 0 Å². The van der Waals surface area contributed by atoms with Gasteiger partial charge in [0.2, 0.25) is 0 Å². The zero-order chi connectivity index (χ0) is 13.8.